The summed E-state index contributed by atoms with van der Waals surface area (Å²) in [6, 6.07) is 1.68. The van der Waals surface area contributed by atoms with Crippen LogP contribution in [0.2, 0.25) is 0 Å². The lowest BCUT2D eigenvalue weighted by Gasteiger charge is -2.37. The first-order valence-corrected chi connectivity index (χ1v) is 5.43. The summed E-state index contributed by atoms with van der Waals surface area (Å²) in [6.45, 7) is 0. The number of hydrogen-bond acceptors (Lipinski definition) is 3. The van der Waals surface area contributed by atoms with Gasteiger partial charge >= 0.3 is 0 Å². The minimum atomic E-state index is -0.0386. The fraction of sp³-hybridized carbons (Fsp3) is 1.00. The van der Waals surface area contributed by atoms with E-state index < -0.39 is 0 Å². The second kappa shape index (κ2) is 3.95. The van der Waals surface area contributed by atoms with E-state index in [1.54, 1.807) is 0 Å². The molecule has 0 saturated heterocycles. The van der Waals surface area contributed by atoms with E-state index in [4.69, 9.17) is 10.8 Å². The maximum Gasteiger partial charge on any atom is 0.0570 e. The Kier molecular flexibility index (Phi) is 2.86. The van der Waals surface area contributed by atoms with Gasteiger partial charge in [-0.2, -0.15) is 0 Å². The number of aliphatic hydroxyl groups excluding tert-OH is 1. The number of nitrogens with one attached hydrogen (secondary N) is 1. The lowest BCUT2D eigenvalue weighted by atomic mass is 9.86. The van der Waals surface area contributed by atoms with Crippen LogP contribution in [-0.2, 0) is 0 Å². The lowest BCUT2D eigenvalue weighted by Crippen LogP contribution is -2.50. The molecule has 2 saturated carbocycles. The van der Waals surface area contributed by atoms with Crippen LogP contribution in [0.3, 0.4) is 0 Å². The second-order valence-electron chi connectivity index (χ2n) is 4.60. The molecule has 13 heavy (non-hydrogen) atoms. The summed E-state index contributed by atoms with van der Waals surface area (Å²) >= 11 is 0. The summed E-state index contributed by atoms with van der Waals surface area (Å²) in [5.41, 5.74) is 5.83. The van der Waals surface area contributed by atoms with Crippen LogP contribution in [0.15, 0.2) is 0 Å². The second-order valence-corrected chi connectivity index (χ2v) is 4.60. The van der Waals surface area contributed by atoms with Crippen molar-refractivity contribution in [3.05, 3.63) is 0 Å². The van der Waals surface area contributed by atoms with Crippen molar-refractivity contribution in [3.63, 3.8) is 0 Å². The van der Waals surface area contributed by atoms with Crippen LogP contribution in [0, 0.1) is 0 Å². The molecule has 0 spiro atoms. The first-order valence-electron chi connectivity index (χ1n) is 5.43. The van der Waals surface area contributed by atoms with Crippen molar-refractivity contribution in [2.45, 2.75) is 62.8 Å². The summed E-state index contributed by atoms with van der Waals surface area (Å²) in [7, 11) is 0. The van der Waals surface area contributed by atoms with Gasteiger partial charge in [0.1, 0.15) is 0 Å². The van der Waals surface area contributed by atoms with Crippen molar-refractivity contribution in [3.8, 4) is 0 Å². The first kappa shape index (κ1) is 9.44. The minimum Gasteiger partial charge on any atom is -0.393 e. The van der Waals surface area contributed by atoms with Crippen LogP contribution < -0.4 is 11.1 Å². The molecular formula is C10H20N2O. The van der Waals surface area contributed by atoms with Gasteiger partial charge in [0.25, 0.3) is 0 Å². The van der Waals surface area contributed by atoms with Gasteiger partial charge in [0.15, 0.2) is 0 Å². The standard InChI is InChI=1S/C10H20N2O/c11-7-1-3-8(4-2-7)12-9-5-10(13)6-9/h7-10,12-13H,1-6,11H2. The molecule has 0 aliphatic heterocycles. The van der Waals surface area contributed by atoms with Gasteiger partial charge in [-0.25, -0.2) is 0 Å². The monoisotopic (exact) mass is 184 g/mol. The summed E-state index contributed by atoms with van der Waals surface area (Å²) < 4.78 is 0. The summed E-state index contributed by atoms with van der Waals surface area (Å²) in [6.07, 6.45) is 6.61. The molecule has 0 atom stereocenters. The van der Waals surface area contributed by atoms with E-state index in [1.807, 2.05) is 0 Å². The molecule has 2 fully saturated rings. The molecule has 4 N–H and O–H groups in total. The summed E-state index contributed by atoms with van der Waals surface area (Å²) in [4.78, 5) is 0. The fourth-order valence-corrected chi connectivity index (χ4v) is 2.34. The molecule has 2 rings (SSSR count). The van der Waals surface area contributed by atoms with Crippen LogP contribution in [0.25, 0.3) is 0 Å². The average molecular weight is 184 g/mol. The molecule has 3 heteroatoms. The van der Waals surface area contributed by atoms with Crippen molar-refractivity contribution < 1.29 is 5.11 Å². The van der Waals surface area contributed by atoms with Gasteiger partial charge in [-0.15, -0.1) is 0 Å². The molecular weight excluding hydrogens is 164 g/mol. The van der Waals surface area contributed by atoms with Crippen LogP contribution >= 0.6 is 0 Å². The van der Waals surface area contributed by atoms with Crippen molar-refractivity contribution in [1.29, 1.82) is 0 Å². The van der Waals surface area contributed by atoms with E-state index in [0.717, 1.165) is 25.7 Å². The Balaban J connectivity index is 1.65. The van der Waals surface area contributed by atoms with E-state index in [9.17, 15) is 0 Å². The molecule has 3 nitrogen and oxygen atoms in total. The summed E-state index contributed by atoms with van der Waals surface area (Å²) in [5.74, 6) is 0. The van der Waals surface area contributed by atoms with Crippen molar-refractivity contribution in [2.75, 3.05) is 0 Å². The van der Waals surface area contributed by atoms with E-state index in [2.05, 4.69) is 5.32 Å². The molecule has 0 aromatic carbocycles. The van der Waals surface area contributed by atoms with Crippen molar-refractivity contribution in [1.82, 2.24) is 5.32 Å². The van der Waals surface area contributed by atoms with Gasteiger partial charge in [-0.3, -0.25) is 0 Å². The highest BCUT2D eigenvalue weighted by Gasteiger charge is 2.29. The van der Waals surface area contributed by atoms with E-state index in [0.29, 0.717) is 18.1 Å². The number of rotatable bonds is 2. The van der Waals surface area contributed by atoms with Gasteiger partial charge in [-0.05, 0) is 38.5 Å². The maximum atomic E-state index is 9.13. The first-order chi connectivity index (χ1) is 6.24. The number of nitrogens with two attached hydrogens (primary N) is 1. The molecule has 76 valence electrons. The molecule has 2 aliphatic carbocycles. The minimum absolute atomic E-state index is 0.0386. The zero-order chi connectivity index (χ0) is 9.26. The molecule has 0 radical (unpaired) electrons. The smallest absolute Gasteiger partial charge is 0.0570 e. The van der Waals surface area contributed by atoms with Gasteiger partial charge in [0, 0.05) is 18.1 Å². The quantitative estimate of drug-likeness (QED) is 0.581. The third-order valence-corrected chi connectivity index (χ3v) is 3.36. The molecule has 0 heterocycles. The van der Waals surface area contributed by atoms with Gasteiger partial charge < -0.3 is 16.2 Å². The van der Waals surface area contributed by atoms with Gasteiger partial charge in [-0.1, -0.05) is 0 Å². The van der Waals surface area contributed by atoms with Crippen LogP contribution in [0.1, 0.15) is 38.5 Å². The fourth-order valence-electron chi connectivity index (χ4n) is 2.34. The SMILES string of the molecule is NC1CCC(NC2CC(O)C2)CC1. The highest BCUT2D eigenvalue weighted by molar-refractivity contribution is 4.89. The topological polar surface area (TPSA) is 58.3 Å². The Morgan fingerprint density at radius 1 is 1.00 bits per heavy atom. The number of aliphatic hydroxyl groups is 1. The Hall–Kier alpha value is -0.120. The Labute approximate surface area is 79.7 Å². The third kappa shape index (κ3) is 2.42. The zero-order valence-electron chi connectivity index (χ0n) is 8.08. The third-order valence-electron chi connectivity index (χ3n) is 3.36. The molecule has 0 unspecified atom stereocenters. The van der Waals surface area contributed by atoms with E-state index in [-0.39, 0.29) is 6.10 Å². The van der Waals surface area contributed by atoms with Crippen LogP contribution in [0.5, 0.6) is 0 Å². The van der Waals surface area contributed by atoms with Crippen LogP contribution in [0.4, 0.5) is 0 Å². The zero-order valence-corrected chi connectivity index (χ0v) is 8.08. The molecule has 0 aromatic heterocycles. The Bertz CT molecular complexity index is 160. The van der Waals surface area contributed by atoms with Gasteiger partial charge in [0.2, 0.25) is 0 Å². The predicted octanol–water partition coefficient (Wildman–Crippen LogP) is 0.369. The Morgan fingerprint density at radius 2 is 1.62 bits per heavy atom. The highest BCUT2D eigenvalue weighted by atomic mass is 16.3. The molecule has 2 aliphatic rings. The Morgan fingerprint density at radius 3 is 2.15 bits per heavy atom. The maximum absolute atomic E-state index is 9.13. The lowest BCUT2D eigenvalue weighted by molar-refractivity contribution is 0.0550. The predicted molar refractivity (Wildman–Crippen MR) is 52.4 cm³/mol. The van der Waals surface area contributed by atoms with Crippen LogP contribution in [-0.4, -0.2) is 29.3 Å². The van der Waals surface area contributed by atoms with Gasteiger partial charge in [0.05, 0.1) is 6.10 Å². The largest absolute Gasteiger partial charge is 0.393 e. The average Bonchev–Trinajstić information content (AvgIpc) is 2.06. The molecule has 0 bridgehead atoms. The van der Waals surface area contributed by atoms with E-state index >= 15 is 0 Å². The molecule has 0 aromatic rings. The summed E-state index contributed by atoms with van der Waals surface area (Å²) in [5, 5.41) is 12.7. The van der Waals surface area contributed by atoms with Crippen molar-refractivity contribution in [2.24, 2.45) is 5.73 Å². The number of hydrogen-bond donors (Lipinski definition) is 3. The highest BCUT2D eigenvalue weighted by Crippen LogP contribution is 2.23. The van der Waals surface area contributed by atoms with Crippen molar-refractivity contribution >= 4 is 0 Å². The van der Waals surface area contributed by atoms with E-state index in [1.165, 1.54) is 12.8 Å². The normalized spacial score (nSPS) is 45.7. The molecule has 0 amide bonds.